The lowest BCUT2D eigenvalue weighted by Gasteiger charge is -2.31. The van der Waals surface area contributed by atoms with Crippen molar-refractivity contribution in [3.8, 4) is 11.5 Å². The molecule has 0 aliphatic heterocycles. The molecule has 0 saturated carbocycles. The molecular formula is C20H17NO6. The van der Waals surface area contributed by atoms with E-state index in [0.717, 1.165) is 0 Å². The second-order valence-corrected chi connectivity index (χ2v) is 7.17. The van der Waals surface area contributed by atoms with Gasteiger partial charge in [-0.25, -0.2) is 0 Å². The zero-order chi connectivity index (χ0) is 19.6. The van der Waals surface area contributed by atoms with Crippen LogP contribution in [0.2, 0.25) is 0 Å². The fraction of sp³-hybridized carbons (Fsp3) is 0.300. The summed E-state index contributed by atoms with van der Waals surface area (Å²) in [6.07, 6.45) is 0.365. The molecule has 7 heteroatoms. The van der Waals surface area contributed by atoms with Crippen molar-refractivity contribution in [2.45, 2.75) is 32.8 Å². The minimum atomic E-state index is -1.23. The van der Waals surface area contributed by atoms with Crippen molar-refractivity contribution in [3.05, 3.63) is 51.3 Å². The van der Waals surface area contributed by atoms with E-state index in [1.54, 1.807) is 6.92 Å². The molecule has 2 aliphatic rings. The highest BCUT2D eigenvalue weighted by atomic mass is 16.3. The Morgan fingerprint density at radius 1 is 1.15 bits per heavy atom. The fourth-order valence-electron chi connectivity index (χ4n) is 4.00. The number of hydrogen-bond donors (Lipinski definition) is 3. The van der Waals surface area contributed by atoms with Crippen molar-refractivity contribution in [2.24, 2.45) is 5.92 Å². The number of hydrogen-bond acceptors (Lipinski definition) is 7. The Morgan fingerprint density at radius 2 is 1.81 bits per heavy atom. The van der Waals surface area contributed by atoms with E-state index < -0.39 is 35.1 Å². The zero-order valence-electron chi connectivity index (χ0n) is 14.7. The molecule has 0 unspecified atom stereocenters. The number of aliphatic hydroxyl groups excluding tert-OH is 1. The van der Waals surface area contributed by atoms with E-state index in [2.05, 4.69) is 4.98 Å². The van der Waals surface area contributed by atoms with Crippen LogP contribution in [0.3, 0.4) is 0 Å². The molecule has 2 atom stereocenters. The van der Waals surface area contributed by atoms with E-state index in [9.17, 15) is 29.7 Å². The molecule has 2 aliphatic carbocycles. The normalized spacial score (nSPS) is 20.7. The summed E-state index contributed by atoms with van der Waals surface area (Å²) < 4.78 is 0. The van der Waals surface area contributed by atoms with Crippen LogP contribution >= 0.6 is 0 Å². The number of nitrogens with zero attached hydrogens (tertiary/aromatic N) is 1. The van der Waals surface area contributed by atoms with Crippen LogP contribution in [0.4, 0.5) is 0 Å². The minimum Gasteiger partial charge on any atom is -0.507 e. The van der Waals surface area contributed by atoms with Gasteiger partial charge in [0.2, 0.25) is 5.78 Å². The van der Waals surface area contributed by atoms with Crippen molar-refractivity contribution < 1.29 is 29.7 Å². The summed E-state index contributed by atoms with van der Waals surface area (Å²) in [5, 5.41) is 31.9. The average Bonchev–Trinajstić information content (AvgIpc) is 2.61. The molecule has 1 aromatic heterocycles. The third-order valence-corrected chi connectivity index (χ3v) is 5.39. The predicted molar refractivity (Wildman–Crippen MR) is 93.1 cm³/mol. The van der Waals surface area contributed by atoms with Gasteiger partial charge >= 0.3 is 0 Å². The molecule has 0 spiro atoms. The summed E-state index contributed by atoms with van der Waals surface area (Å²) in [5.41, 5.74) is 0.122. The number of pyridine rings is 1. The van der Waals surface area contributed by atoms with Gasteiger partial charge in [0.25, 0.3) is 0 Å². The lowest BCUT2D eigenvalue weighted by atomic mass is 9.74. The number of Topliss-reactive ketones (excluding diaryl/α,β-unsaturated/α-hetero) is 1. The van der Waals surface area contributed by atoms with Crippen LogP contribution in [0, 0.1) is 12.8 Å². The SMILES string of the molecule is CC(=O)[C@H]1Cc2c(O)c3c(c(O)c2[C@@H](O)C1)C(=O)c1ncc(C)cc1C3=O. The summed E-state index contributed by atoms with van der Waals surface area (Å²) in [5.74, 6) is -3.00. The summed E-state index contributed by atoms with van der Waals surface area (Å²) in [7, 11) is 0. The first-order valence-electron chi connectivity index (χ1n) is 8.57. The summed E-state index contributed by atoms with van der Waals surface area (Å²) >= 11 is 0. The molecule has 7 nitrogen and oxygen atoms in total. The molecule has 1 heterocycles. The third kappa shape index (κ3) is 2.31. The molecule has 0 radical (unpaired) electrons. The van der Waals surface area contributed by atoms with E-state index in [1.165, 1.54) is 19.2 Å². The van der Waals surface area contributed by atoms with Crippen molar-refractivity contribution in [1.29, 1.82) is 0 Å². The predicted octanol–water partition coefficient (Wildman–Crippen LogP) is 1.76. The number of phenolic OH excluding ortho intramolecular Hbond substituents is 2. The molecule has 0 amide bonds. The van der Waals surface area contributed by atoms with E-state index in [1.807, 2.05) is 0 Å². The molecule has 0 fully saturated rings. The number of aromatic nitrogens is 1. The van der Waals surface area contributed by atoms with Crippen LogP contribution in [0.1, 0.15) is 68.1 Å². The van der Waals surface area contributed by atoms with E-state index >= 15 is 0 Å². The Bertz CT molecular complexity index is 1060. The quantitative estimate of drug-likeness (QED) is 0.560. The van der Waals surface area contributed by atoms with Gasteiger partial charge in [-0.3, -0.25) is 19.4 Å². The van der Waals surface area contributed by atoms with Crippen molar-refractivity contribution in [2.75, 3.05) is 0 Å². The molecule has 2 aromatic rings. The number of aryl methyl sites for hydroxylation is 1. The number of rotatable bonds is 1. The molecule has 1 aromatic carbocycles. The standard InChI is InChI=1S/C20H17NO6/c1-7-3-11-16(21-6-7)20(27)15-14(18(11)25)17(24)10-4-9(8(2)22)5-12(23)13(10)19(15)26/h3,6,9,12,23-24,26H,4-5H2,1-2H3/t9-,12-/m0/s1. The second-order valence-electron chi connectivity index (χ2n) is 7.17. The number of carbonyl (C=O) groups is 3. The van der Waals surface area contributed by atoms with Crippen LogP contribution in [-0.4, -0.2) is 37.7 Å². The summed E-state index contributed by atoms with van der Waals surface area (Å²) in [6.45, 7) is 3.11. The van der Waals surface area contributed by atoms with Gasteiger partial charge in [0, 0.05) is 23.2 Å². The maximum absolute atomic E-state index is 13.0. The Kier molecular flexibility index (Phi) is 3.68. The van der Waals surface area contributed by atoms with Crippen molar-refractivity contribution in [3.63, 3.8) is 0 Å². The fourth-order valence-corrected chi connectivity index (χ4v) is 4.00. The number of aromatic hydroxyl groups is 2. The van der Waals surface area contributed by atoms with Gasteiger partial charge in [-0.05, 0) is 38.3 Å². The lowest BCUT2D eigenvalue weighted by Crippen LogP contribution is -2.28. The number of benzene rings is 1. The molecule has 138 valence electrons. The number of carbonyl (C=O) groups excluding carboxylic acids is 3. The van der Waals surface area contributed by atoms with Crippen LogP contribution in [0.15, 0.2) is 12.3 Å². The van der Waals surface area contributed by atoms with E-state index in [4.69, 9.17) is 0 Å². The number of phenols is 2. The zero-order valence-corrected chi connectivity index (χ0v) is 14.7. The van der Waals surface area contributed by atoms with Gasteiger partial charge < -0.3 is 15.3 Å². The van der Waals surface area contributed by atoms with Gasteiger partial charge in [0.05, 0.1) is 22.8 Å². The van der Waals surface area contributed by atoms with Gasteiger partial charge in [-0.15, -0.1) is 0 Å². The monoisotopic (exact) mass is 367 g/mol. The minimum absolute atomic E-state index is 0.000427. The van der Waals surface area contributed by atoms with E-state index in [-0.39, 0.29) is 52.1 Å². The highest BCUT2D eigenvalue weighted by Crippen LogP contribution is 2.49. The molecule has 4 rings (SSSR count). The Labute approximate surface area is 154 Å². The molecule has 0 saturated heterocycles. The van der Waals surface area contributed by atoms with Crippen LogP contribution in [-0.2, 0) is 11.2 Å². The number of aliphatic hydroxyl groups is 1. The van der Waals surface area contributed by atoms with Crippen LogP contribution in [0.5, 0.6) is 11.5 Å². The van der Waals surface area contributed by atoms with Crippen molar-refractivity contribution in [1.82, 2.24) is 4.98 Å². The Balaban J connectivity index is 2.02. The maximum Gasteiger partial charge on any atom is 0.216 e. The first-order chi connectivity index (χ1) is 12.7. The average molecular weight is 367 g/mol. The van der Waals surface area contributed by atoms with Crippen LogP contribution in [0.25, 0.3) is 0 Å². The topological polar surface area (TPSA) is 125 Å². The van der Waals surface area contributed by atoms with Gasteiger partial charge in [0.1, 0.15) is 23.0 Å². The first-order valence-corrected chi connectivity index (χ1v) is 8.57. The van der Waals surface area contributed by atoms with Crippen molar-refractivity contribution >= 4 is 17.3 Å². The first kappa shape index (κ1) is 17.4. The highest BCUT2D eigenvalue weighted by Gasteiger charge is 2.42. The lowest BCUT2D eigenvalue weighted by molar-refractivity contribution is -0.122. The second kappa shape index (κ2) is 5.72. The largest absolute Gasteiger partial charge is 0.507 e. The molecule has 27 heavy (non-hydrogen) atoms. The third-order valence-electron chi connectivity index (χ3n) is 5.39. The number of ketones is 3. The summed E-state index contributed by atoms with van der Waals surface area (Å²) in [4.78, 5) is 41.6. The number of fused-ring (bicyclic) bond motifs is 3. The summed E-state index contributed by atoms with van der Waals surface area (Å²) in [6, 6.07) is 1.51. The maximum atomic E-state index is 13.0. The molecule has 0 bridgehead atoms. The molecule has 3 N–H and O–H groups in total. The van der Waals surface area contributed by atoms with Gasteiger partial charge in [-0.2, -0.15) is 0 Å². The smallest absolute Gasteiger partial charge is 0.216 e. The van der Waals surface area contributed by atoms with Gasteiger partial charge in [-0.1, -0.05) is 0 Å². The molecular weight excluding hydrogens is 350 g/mol. The van der Waals surface area contributed by atoms with E-state index in [0.29, 0.717) is 5.56 Å². The Morgan fingerprint density at radius 3 is 2.48 bits per heavy atom. The van der Waals surface area contributed by atoms with Gasteiger partial charge in [0.15, 0.2) is 5.78 Å². The van der Waals surface area contributed by atoms with Crippen LogP contribution < -0.4 is 0 Å². The highest BCUT2D eigenvalue weighted by molar-refractivity contribution is 6.29. The Hall–Kier alpha value is -3.06.